The van der Waals surface area contributed by atoms with Gasteiger partial charge >= 0.3 is 11.6 Å². The van der Waals surface area contributed by atoms with Crippen molar-refractivity contribution in [2.24, 2.45) is 0 Å². The van der Waals surface area contributed by atoms with Crippen molar-refractivity contribution in [3.8, 4) is 11.3 Å². The van der Waals surface area contributed by atoms with Gasteiger partial charge in [-0.05, 0) is 49.7 Å². The number of aryl methyl sites for hydroxylation is 1. The summed E-state index contributed by atoms with van der Waals surface area (Å²) in [6, 6.07) is 12.9. The first kappa shape index (κ1) is 18.0. The summed E-state index contributed by atoms with van der Waals surface area (Å²) in [5.74, 6) is -0.916. The van der Waals surface area contributed by atoms with E-state index in [4.69, 9.17) is 9.15 Å². The number of nitrogens with zero attached hydrogens (tertiary/aromatic N) is 1. The number of aromatic nitrogens is 1. The van der Waals surface area contributed by atoms with Crippen molar-refractivity contribution in [2.75, 3.05) is 6.61 Å². The van der Waals surface area contributed by atoms with Gasteiger partial charge in [0.25, 0.3) is 0 Å². The first-order valence-electron chi connectivity index (χ1n) is 9.07. The Morgan fingerprint density at radius 1 is 1.11 bits per heavy atom. The van der Waals surface area contributed by atoms with Crippen molar-refractivity contribution in [2.45, 2.75) is 20.4 Å². The maximum absolute atomic E-state index is 13.5. The maximum Gasteiger partial charge on any atom is 0.361 e. The minimum absolute atomic E-state index is 0.194. The number of hydrogen-bond acceptors (Lipinski definition) is 4. The van der Waals surface area contributed by atoms with E-state index >= 15 is 0 Å². The smallest absolute Gasteiger partial charge is 0.361 e. The summed E-state index contributed by atoms with van der Waals surface area (Å²) >= 11 is 0. The molecule has 142 valence electrons. The second-order valence-electron chi connectivity index (χ2n) is 6.30. The molecule has 0 unspecified atom stereocenters. The summed E-state index contributed by atoms with van der Waals surface area (Å²) < 4.78 is 26.0. The van der Waals surface area contributed by atoms with Gasteiger partial charge in [-0.15, -0.1) is 0 Å². The van der Waals surface area contributed by atoms with Crippen molar-refractivity contribution >= 4 is 27.8 Å². The second-order valence-corrected chi connectivity index (χ2v) is 6.30. The average molecular weight is 379 g/mol. The van der Waals surface area contributed by atoms with Crippen LogP contribution in [0.15, 0.2) is 57.7 Å². The molecule has 0 atom stereocenters. The molecule has 2 aromatic heterocycles. The van der Waals surface area contributed by atoms with Crippen LogP contribution in [0, 0.1) is 5.82 Å². The minimum Gasteiger partial charge on any atom is -0.462 e. The van der Waals surface area contributed by atoms with Gasteiger partial charge in [0.1, 0.15) is 16.9 Å². The minimum atomic E-state index is -0.533. The van der Waals surface area contributed by atoms with Gasteiger partial charge < -0.3 is 13.7 Å². The first-order chi connectivity index (χ1) is 13.6. The van der Waals surface area contributed by atoms with E-state index in [1.165, 1.54) is 12.1 Å². The quantitative estimate of drug-likeness (QED) is 0.379. The Labute approximate surface area is 160 Å². The number of carbonyl (C=O) groups is 1. The molecule has 0 aliphatic rings. The molecule has 4 aromatic rings. The van der Waals surface area contributed by atoms with Crippen LogP contribution in [0.25, 0.3) is 33.1 Å². The highest BCUT2D eigenvalue weighted by Crippen LogP contribution is 2.37. The molecule has 0 N–H and O–H groups in total. The lowest BCUT2D eigenvalue weighted by Crippen LogP contribution is -2.08. The zero-order valence-corrected chi connectivity index (χ0v) is 15.5. The van der Waals surface area contributed by atoms with E-state index < -0.39 is 11.6 Å². The summed E-state index contributed by atoms with van der Waals surface area (Å²) in [7, 11) is 0. The highest BCUT2D eigenvalue weighted by molar-refractivity contribution is 6.18. The third-order valence-corrected chi connectivity index (χ3v) is 4.73. The lowest BCUT2D eigenvalue weighted by atomic mass is 10.0. The van der Waals surface area contributed by atoms with Crippen molar-refractivity contribution < 1.29 is 18.3 Å². The van der Waals surface area contributed by atoms with Crippen molar-refractivity contribution in [3.05, 3.63) is 70.3 Å². The molecule has 0 fully saturated rings. The van der Waals surface area contributed by atoms with E-state index in [0.29, 0.717) is 39.7 Å². The van der Waals surface area contributed by atoms with E-state index in [-0.39, 0.29) is 18.0 Å². The molecule has 5 nitrogen and oxygen atoms in total. The number of esters is 1. The van der Waals surface area contributed by atoms with E-state index in [1.54, 1.807) is 41.8 Å². The normalized spacial score (nSPS) is 11.2. The Morgan fingerprint density at radius 3 is 2.50 bits per heavy atom. The lowest BCUT2D eigenvalue weighted by Gasteiger charge is -2.10. The molecule has 6 heteroatoms. The van der Waals surface area contributed by atoms with Crippen LogP contribution in [0.5, 0.6) is 0 Å². The van der Waals surface area contributed by atoms with E-state index in [1.807, 2.05) is 13.0 Å². The fraction of sp³-hybridized carbons (Fsp3) is 0.182. The summed E-state index contributed by atoms with van der Waals surface area (Å²) in [6.45, 7) is 4.21. The molecule has 0 spiro atoms. The van der Waals surface area contributed by atoms with Crippen molar-refractivity contribution in [1.82, 2.24) is 4.57 Å². The molecule has 2 aromatic carbocycles. The molecule has 0 saturated carbocycles. The molecular formula is C22H18FNO4. The molecular weight excluding hydrogens is 361 g/mol. The fourth-order valence-corrected chi connectivity index (χ4v) is 3.63. The fourth-order valence-electron chi connectivity index (χ4n) is 3.63. The molecule has 0 amide bonds. The summed E-state index contributed by atoms with van der Waals surface area (Å²) in [6.07, 6.45) is 0. The van der Waals surface area contributed by atoms with Crippen LogP contribution in [0.3, 0.4) is 0 Å². The Morgan fingerprint density at radius 2 is 1.82 bits per heavy atom. The Bertz CT molecular complexity index is 1250. The summed E-state index contributed by atoms with van der Waals surface area (Å²) in [5.41, 5.74) is 1.57. The van der Waals surface area contributed by atoms with Crippen LogP contribution in [0.4, 0.5) is 4.39 Å². The van der Waals surface area contributed by atoms with Crippen LogP contribution in [0.1, 0.15) is 24.2 Å². The van der Waals surface area contributed by atoms with Gasteiger partial charge in [-0.3, -0.25) is 0 Å². The summed E-state index contributed by atoms with van der Waals surface area (Å²) in [5, 5.41) is 1.14. The van der Waals surface area contributed by atoms with Crippen LogP contribution in [-0.2, 0) is 11.3 Å². The number of para-hydroxylation sites is 1. The number of halogens is 1. The Kier molecular flexibility index (Phi) is 4.47. The average Bonchev–Trinajstić information content (AvgIpc) is 3.05. The van der Waals surface area contributed by atoms with Crippen LogP contribution in [0.2, 0.25) is 0 Å². The van der Waals surface area contributed by atoms with Gasteiger partial charge in [-0.2, -0.15) is 0 Å². The number of benzene rings is 2. The zero-order valence-electron chi connectivity index (χ0n) is 15.5. The lowest BCUT2D eigenvalue weighted by molar-refractivity contribution is 0.0529. The monoisotopic (exact) mass is 379 g/mol. The van der Waals surface area contributed by atoms with Gasteiger partial charge in [0.05, 0.1) is 17.9 Å². The van der Waals surface area contributed by atoms with E-state index in [0.717, 1.165) is 0 Å². The molecule has 0 radical (unpaired) electrons. The molecule has 0 aliphatic carbocycles. The second kappa shape index (κ2) is 6.96. The standard InChI is InChI=1S/C22H18FNO4/c1-3-24-19(13-9-11-14(23)12-10-13)18(21(25)27-4-2)17-15-7-5-6-8-16(15)28-22(26)20(17)24/h5-12H,3-4H2,1-2H3. The van der Waals surface area contributed by atoms with Gasteiger partial charge in [0.2, 0.25) is 0 Å². The number of hydrogen-bond donors (Lipinski definition) is 0. The molecule has 2 heterocycles. The third-order valence-electron chi connectivity index (χ3n) is 4.73. The third kappa shape index (κ3) is 2.69. The Hall–Kier alpha value is -3.41. The number of ether oxygens (including phenoxy) is 1. The Balaban J connectivity index is 2.24. The SMILES string of the molecule is CCOC(=O)c1c(-c2ccc(F)cc2)n(CC)c2c(=O)oc3ccccc3c12. The maximum atomic E-state index is 13.5. The largest absolute Gasteiger partial charge is 0.462 e. The highest BCUT2D eigenvalue weighted by atomic mass is 19.1. The topological polar surface area (TPSA) is 61.4 Å². The van der Waals surface area contributed by atoms with E-state index in [9.17, 15) is 14.0 Å². The number of rotatable bonds is 4. The predicted octanol–water partition coefficient (Wildman–Crippen LogP) is 4.75. The van der Waals surface area contributed by atoms with Gasteiger partial charge in [-0.1, -0.05) is 18.2 Å². The predicted molar refractivity (Wildman–Crippen MR) is 105 cm³/mol. The molecule has 0 aliphatic heterocycles. The molecule has 0 bridgehead atoms. The highest BCUT2D eigenvalue weighted by Gasteiger charge is 2.28. The van der Waals surface area contributed by atoms with E-state index in [2.05, 4.69) is 0 Å². The van der Waals surface area contributed by atoms with Crippen molar-refractivity contribution in [3.63, 3.8) is 0 Å². The summed E-state index contributed by atoms with van der Waals surface area (Å²) in [4.78, 5) is 25.8. The van der Waals surface area contributed by atoms with Gasteiger partial charge in [0, 0.05) is 17.3 Å². The molecule has 0 saturated heterocycles. The van der Waals surface area contributed by atoms with Crippen LogP contribution in [-0.4, -0.2) is 17.1 Å². The number of fused-ring (bicyclic) bond motifs is 3. The van der Waals surface area contributed by atoms with Crippen LogP contribution >= 0.6 is 0 Å². The van der Waals surface area contributed by atoms with Gasteiger partial charge in [-0.25, -0.2) is 14.0 Å². The first-order valence-corrected chi connectivity index (χ1v) is 9.07. The van der Waals surface area contributed by atoms with Crippen LogP contribution < -0.4 is 5.63 Å². The number of carbonyl (C=O) groups excluding carboxylic acids is 1. The molecule has 28 heavy (non-hydrogen) atoms. The van der Waals surface area contributed by atoms with Crippen molar-refractivity contribution in [1.29, 1.82) is 0 Å². The molecule has 4 rings (SSSR count). The van der Waals surface area contributed by atoms with Gasteiger partial charge in [0.15, 0.2) is 0 Å². The zero-order chi connectivity index (χ0) is 19.8.